The molecule has 0 saturated carbocycles. The zero-order valence-corrected chi connectivity index (χ0v) is 10.1. The number of rotatable bonds is 3. The van der Waals surface area contributed by atoms with Crippen LogP contribution in [0, 0.1) is 0 Å². The van der Waals surface area contributed by atoms with Crippen molar-refractivity contribution in [1.29, 1.82) is 0 Å². The van der Waals surface area contributed by atoms with Gasteiger partial charge in [0.15, 0.2) is 0 Å². The molecule has 0 aliphatic carbocycles. The van der Waals surface area contributed by atoms with Crippen molar-refractivity contribution in [3.8, 4) is 0 Å². The number of nitrogens with two attached hydrogens (primary N) is 1. The molecule has 2 aromatic rings. The molecule has 0 amide bonds. The standard InChI is InChI=1S/C12H11F3N2S/c13-12(14,15)8-2-1-3-9(6-8)17-7-11-10(16)4-5-18-11/h1-6,17H,7,16H2. The normalized spacial score (nSPS) is 11.5. The highest BCUT2D eigenvalue weighted by Crippen LogP contribution is 2.31. The van der Waals surface area contributed by atoms with Crippen molar-refractivity contribution in [3.63, 3.8) is 0 Å². The highest BCUT2D eigenvalue weighted by Gasteiger charge is 2.30. The first-order valence-corrected chi connectivity index (χ1v) is 6.08. The molecule has 0 atom stereocenters. The number of hydrogen-bond donors (Lipinski definition) is 2. The van der Waals surface area contributed by atoms with Crippen LogP contribution in [0.5, 0.6) is 0 Å². The Morgan fingerprint density at radius 2 is 2.00 bits per heavy atom. The Morgan fingerprint density at radius 3 is 2.61 bits per heavy atom. The summed E-state index contributed by atoms with van der Waals surface area (Å²) in [6, 6.07) is 6.88. The van der Waals surface area contributed by atoms with Gasteiger partial charge in [-0.1, -0.05) is 6.07 Å². The van der Waals surface area contributed by atoms with Gasteiger partial charge in [0, 0.05) is 16.3 Å². The Balaban J connectivity index is 2.09. The summed E-state index contributed by atoms with van der Waals surface area (Å²) in [6.07, 6.45) is -4.32. The molecule has 0 fully saturated rings. The van der Waals surface area contributed by atoms with Gasteiger partial charge in [-0.05, 0) is 29.6 Å². The third kappa shape index (κ3) is 2.95. The molecule has 1 aromatic carbocycles. The second kappa shape index (κ2) is 4.89. The van der Waals surface area contributed by atoms with Gasteiger partial charge in [-0.2, -0.15) is 13.2 Å². The second-order valence-electron chi connectivity index (χ2n) is 3.73. The first-order chi connectivity index (χ1) is 8.47. The van der Waals surface area contributed by atoms with E-state index in [2.05, 4.69) is 5.32 Å². The Hall–Kier alpha value is -1.69. The van der Waals surface area contributed by atoms with Gasteiger partial charge in [0.2, 0.25) is 0 Å². The van der Waals surface area contributed by atoms with E-state index in [9.17, 15) is 13.2 Å². The Bertz CT molecular complexity index is 534. The van der Waals surface area contributed by atoms with Gasteiger partial charge in [-0.15, -0.1) is 11.3 Å². The lowest BCUT2D eigenvalue weighted by Crippen LogP contribution is -2.06. The Morgan fingerprint density at radius 1 is 1.22 bits per heavy atom. The summed E-state index contributed by atoms with van der Waals surface area (Å²) in [5.41, 5.74) is 6.11. The summed E-state index contributed by atoms with van der Waals surface area (Å²) < 4.78 is 37.5. The molecule has 96 valence electrons. The number of anilines is 2. The zero-order valence-electron chi connectivity index (χ0n) is 9.29. The molecule has 3 N–H and O–H groups in total. The summed E-state index contributed by atoms with van der Waals surface area (Å²) in [5.74, 6) is 0. The van der Waals surface area contributed by atoms with Gasteiger partial charge in [0.1, 0.15) is 0 Å². The summed E-state index contributed by atoms with van der Waals surface area (Å²) in [4.78, 5) is 0.910. The van der Waals surface area contributed by atoms with Crippen molar-refractivity contribution in [1.82, 2.24) is 0 Å². The zero-order chi connectivity index (χ0) is 13.2. The van der Waals surface area contributed by atoms with Crippen LogP contribution in [-0.4, -0.2) is 0 Å². The molecule has 0 spiro atoms. The fraction of sp³-hybridized carbons (Fsp3) is 0.167. The first-order valence-electron chi connectivity index (χ1n) is 5.20. The van der Waals surface area contributed by atoms with E-state index in [1.54, 1.807) is 12.1 Å². The van der Waals surface area contributed by atoms with Crippen LogP contribution in [0.3, 0.4) is 0 Å². The fourth-order valence-electron chi connectivity index (χ4n) is 1.48. The minimum absolute atomic E-state index is 0.421. The lowest BCUT2D eigenvalue weighted by molar-refractivity contribution is -0.137. The van der Waals surface area contributed by atoms with Crippen LogP contribution in [-0.2, 0) is 12.7 Å². The second-order valence-corrected chi connectivity index (χ2v) is 4.73. The van der Waals surface area contributed by atoms with Crippen molar-refractivity contribution in [3.05, 3.63) is 46.2 Å². The van der Waals surface area contributed by atoms with Crippen molar-refractivity contribution in [2.24, 2.45) is 0 Å². The lowest BCUT2D eigenvalue weighted by Gasteiger charge is -2.10. The smallest absolute Gasteiger partial charge is 0.398 e. The first kappa shape index (κ1) is 12.8. The minimum Gasteiger partial charge on any atom is -0.398 e. The summed E-state index contributed by atoms with van der Waals surface area (Å²) in [7, 11) is 0. The van der Waals surface area contributed by atoms with Crippen molar-refractivity contribution >= 4 is 22.7 Å². The van der Waals surface area contributed by atoms with Crippen LogP contribution in [0.4, 0.5) is 24.5 Å². The minimum atomic E-state index is -4.32. The molecule has 6 heteroatoms. The van der Waals surface area contributed by atoms with Crippen molar-refractivity contribution in [2.75, 3.05) is 11.1 Å². The van der Waals surface area contributed by atoms with Gasteiger partial charge in [-0.3, -0.25) is 0 Å². The third-order valence-corrected chi connectivity index (χ3v) is 3.36. The van der Waals surface area contributed by atoms with Crippen LogP contribution >= 0.6 is 11.3 Å². The van der Waals surface area contributed by atoms with Gasteiger partial charge >= 0.3 is 6.18 Å². The number of nitrogens with one attached hydrogen (secondary N) is 1. The number of thiophene rings is 1. The van der Waals surface area contributed by atoms with E-state index in [1.165, 1.54) is 17.4 Å². The maximum Gasteiger partial charge on any atom is 0.416 e. The van der Waals surface area contributed by atoms with E-state index in [4.69, 9.17) is 5.73 Å². The quantitative estimate of drug-likeness (QED) is 0.887. The van der Waals surface area contributed by atoms with E-state index < -0.39 is 11.7 Å². The van der Waals surface area contributed by atoms with Gasteiger partial charge < -0.3 is 11.1 Å². The van der Waals surface area contributed by atoms with Gasteiger partial charge in [-0.25, -0.2) is 0 Å². The van der Waals surface area contributed by atoms with E-state index >= 15 is 0 Å². The Labute approximate surface area is 106 Å². The highest BCUT2D eigenvalue weighted by atomic mass is 32.1. The van der Waals surface area contributed by atoms with Crippen molar-refractivity contribution < 1.29 is 13.2 Å². The predicted octanol–water partition coefficient (Wildman–Crippen LogP) is 3.96. The van der Waals surface area contributed by atoms with Crippen LogP contribution in [0.25, 0.3) is 0 Å². The molecule has 0 radical (unpaired) electrons. The number of alkyl halides is 3. The number of halogens is 3. The molecule has 1 aromatic heterocycles. The maximum absolute atomic E-state index is 12.5. The number of nitrogen functional groups attached to an aromatic ring is 1. The predicted molar refractivity (Wildman–Crippen MR) is 67.5 cm³/mol. The van der Waals surface area contributed by atoms with Crippen LogP contribution in [0.1, 0.15) is 10.4 Å². The van der Waals surface area contributed by atoms with Crippen LogP contribution in [0.2, 0.25) is 0 Å². The molecular weight excluding hydrogens is 261 g/mol. The molecule has 0 bridgehead atoms. The topological polar surface area (TPSA) is 38.0 Å². The van der Waals surface area contributed by atoms with E-state index in [-0.39, 0.29) is 0 Å². The van der Waals surface area contributed by atoms with Gasteiger partial charge in [0.25, 0.3) is 0 Å². The molecular formula is C12H11F3N2S. The Kier molecular flexibility index (Phi) is 3.47. The average molecular weight is 272 g/mol. The third-order valence-electron chi connectivity index (χ3n) is 2.42. The molecule has 0 unspecified atom stereocenters. The summed E-state index contributed by atoms with van der Waals surface area (Å²) in [5, 5.41) is 4.78. The molecule has 1 heterocycles. The van der Waals surface area contributed by atoms with Crippen LogP contribution in [0.15, 0.2) is 35.7 Å². The molecule has 18 heavy (non-hydrogen) atoms. The van der Waals surface area contributed by atoms with E-state index in [0.717, 1.165) is 17.0 Å². The number of hydrogen-bond acceptors (Lipinski definition) is 3. The fourth-order valence-corrected chi connectivity index (χ4v) is 2.22. The SMILES string of the molecule is Nc1ccsc1CNc1cccc(C(F)(F)F)c1. The average Bonchev–Trinajstić information content (AvgIpc) is 2.72. The number of benzene rings is 1. The van der Waals surface area contributed by atoms with E-state index in [1.807, 2.05) is 5.38 Å². The molecule has 2 rings (SSSR count). The summed E-state index contributed by atoms with van der Waals surface area (Å²) >= 11 is 1.47. The highest BCUT2D eigenvalue weighted by molar-refractivity contribution is 7.10. The van der Waals surface area contributed by atoms with Crippen molar-refractivity contribution in [2.45, 2.75) is 12.7 Å². The monoisotopic (exact) mass is 272 g/mol. The van der Waals surface area contributed by atoms with E-state index in [0.29, 0.717) is 17.9 Å². The molecule has 0 saturated heterocycles. The molecule has 2 nitrogen and oxygen atoms in total. The maximum atomic E-state index is 12.5. The molecule has 0 aliphatic heterocycles. The molecule has 0 aliphatic rings. The largest absolute Gasteiger partial charge is 0.416 e. The lowest BCUT2D eigenvalue weighted by atomic mass is 10.2. The van der Waals surface area contributed by atoms with Gasteiger partial charge in [0.05, 0.1) is 12.1 Å². The van der Waals surface area contributed by atoms with Crippen LogP contribution < -0.4 is 11.1 Å². The summed E-state index contributed by atoms with van der Waals surface area (Å²) in [6.45, 7) is 0.421.